The third-order valence-electron chi connectivity index (χ3n) is 5.31. The number of hydrogen-bond acceptors (Lipinski definition) is 5. The number of carbonyl (C=O) groups excluding carboxylic acids is 2. The highest BCUT2D eigenvalue weighted by Gasteiger charge is 2.35. The van der Waals surface area contributed by atoms with Gasteiger partial charge in [-0.15, -0.1) is 0 Å². The number of amides is 3. The molecule has 9 heteroatoms. The van der Waals surface area contributed by atoms with Crippen LogP contribution < -0.4 is 0 Å². The Morgan fingerprint density at radius 1 is 0.938 bits per heavy atom. The van der Waals surface area contributed by atoms with Gasteiger partial charge >= 0.3 is 12.1 Å². The maximum atomic E-state index is 13.5. The van der Waals surface area contributed by atoms with Crippen LogP contribution >= 0.6 is 0 Å². The Morgan fingerprint density at radius 3 is 2.16 bits per heavy atom. The summed E-state index contributed by atoms with van der Waals surface area (Å²) >= 11 is 0. The molecule has 2 aromatic rings. The summed E-state index contributed by atoms with van der Waals surface area (Å²) in [6.45, 7) is 6.74. The van der Waals surface area contributed by atoms with Gasteiger partial charge in [0.05, 0.1) is 18.0 Å². The summed E-state index contributed by atoms with van der Waals surface area (Å²) in [4.78, 5) is 28.4. The number of aryl methyl sites for hydroxylation is 2. The Labute approximate surface area is 189 Å². The fraction of sp³-hybridized carbons (Fsp3) is 0.391. The first kappa shape index (κ1) is 23.6. The second-order valence-electron chi connectivity index (χ2n) is 7.77. The van der Waals surface area contributed by atoms with Crippen molar-refractivity contribution < 1.29 is 22.7 Å². The molecule has 0 aliphatic carbocycles. The molecule has 0 atom stereocenters. The molecule has 172 valence electrons. The van der Waals surface area contributed by atoms with Crippen LogP contribution in [0.15, 0.2) is 53.4 Å². The molecule has 3 amide bonds. The lowest BCUT2D eigenvalue weighted by Gasteiger charge is -2.36. The first-order valence-corrected chi connectivity index (χ1v) is 12.0. The molecule has 0 unspecified atom stereocenters. The lowest BCUT2D eigenvalue weighted by atomic mass is 10.1. The Morgan fingerprint density at radius 2 is 1.56 bits per heavy atom. The maximum absolute atomic E-state index is 13.5. The van der Waals surface area contributed by atoms with Crippen LogP contribution in [0.25, 0.3) is 0 Å². The van der Waals surface area contributed by atoms with Crippen molar-refractivity contribution in [1.82, 2.24) is 14.1 Å². The quantitative estimate of drug-likeness (QED) is 0.684. The molecule has 0 aromatic heterocycles. The molecule has 1 heterocycles. The molecule has 0 N–H and O–H groups in total. The highest BCUT2D eigenvalue weighted by molar-refractivity contribution is 7.89. The molecular weight excluding hydrogens is 430 g/mol. The summed E-state index contributed by atoms with van der Waals surface area (Å²) in [5, 5.41) is 0. The Balaban J connectivity index is 1.86. The molecule has 0 spiro atoms. The molecule has 1 aliphatic heterocycles. The predicted octanol–water partition coefficient (Wildman–Crippen LogP) is 3.39. The van der Waals surface area contributed by atoms with Gasteiger partial charge in [-0.2, -0.15) is 0 Å². The summed E-state index contributed by atoms with van der Waals surface area (Å²) in [6.07, 6.45) is -0.427. The summed E-state index contributed by atoms with van der Waals surface area (Å²) in [5.41, 5.74) is 2.63. The fourth-order valence-electron chi connectivity index (χ4n) is 3.52. The SMILES string of the molecule is CCOC(=O)N1CCN(C(=O)N(Cc2cccc(C)c2)S(=O)(=O)c2ccc(C)cc2)CC1. The van der Waals surface area contributed by atoms with Gasteiger partial charge in [-0.25, -0.2) is 22.3 Å². The number of benzene rings is 2. The summed E-state index contributed by atoms with van der Waals surface area (Å²) in [6, 6.07) is 13.3. The van der Waals surface area contributed by atoms with Crippen molar-refractivity contribution in [3.05, 3.63) is 65.2 Å². The molecule has 1 aliphatic rings. The van der Waals surface area contributed by atoms with Crippen molar-refractivity contribution in [3.8, 4) is 0 Å². The van der Waals surface area contributed by atoms with Gasteiger partial charge in [0.1, 0.15) is 0 Å². The predicted molar refractivity (Wildman–Crippen MR) is 121 cm³/mol. The number of hydrogen-bond donors (Lipinski definition) is 0. The van der Waals surface area contributed by atoms with Crippen LogP contribution in [0, 0.1) is 13.8 Å². The van der Waals surface area contributed by atoms with Crippen LogP contribution in [0.1, 0.15) is 23.6 Å². The number of urea groups is 1. The maximum Gasteiger partial charge on any atom is 0.409 e. The summed E-state index contributed by atoms with van der Waals surface area (Å²) in [5.74, 6) is 0. The number of ether oxygens (including phenoxy) is 1. The zero-order chi connectivity index (χ0) is 23.3. The van der Waals surface area contributed by atoms with Gasteiger partial charge in [0, 0.05) is 26.2 Å². The average molecular weight is 460 g/mol. The standard InChI is InChI=1S/C23H29N3O5S/c1-4-31-23(28)25-14-12-24(13-15-25)22(27)26(17-20-7-5-6-19(3)16-20)32(29,30)21-10-8-18(2)9-11-21/h5-11,16H,4,12-15,17H2,1-3H3. The minimum absolute atomic E-state index is 0.0641. The zero-order valence-corrected chi connectivity index (χ0v) is 19.5. The number of nitrogens with zero attached hydrogens (tertiary/aromatic N) is 3. The van der Waals surface area contributed by atoms with Crippen LogP contribution in [-0.4, -0.2) is 67.4 Å². The topological polar surface area (TPSA) is 87.2 Å². The number of piperazine rings is 1. The monoisotopic (exact) mass is 459 g/mol. The molecule has 32 heavy (non-hydrogen) atoms. The van der Waals surface area contributed by atoms with Gasteiger partial charge in [-0.1, -0.05) is 47.5 Å². The van der Waals surface area contributed by atoms with Crippen molar-refractivity contribution >= 4 is 22.1 Å². The number of carbonyl (C=O) groups is 2. The molecule has 0 bridgehead atoms. The van der Waals surface area contributed by atoms with E-state index in [1.807, 2.05) is 32.0 Å². The molecule has 1 saturated heterocycles. The third-order valence-corrected chi connectivity index (χ3v) is 7.04. The highest BCUT2D eigenvalue weighted by Crippen LogP contribution is 2.22. The van der Waals surface area contributed by atoms with Crippen LogP contribution in [0.5, 0.6) is 0 Å². The summed E-state index contributed by atoms with van der Waals surface area (Å²) < 4.78 is 32.9. The molecule has 0 radical (unpaired) electrons. The second kappa shape index (κ2) is 10.0. The van der Waals surface area contributed by atoms with Crippen molar-refractivity contribution in [2.24, 2.45) is 0 Å². The van der Waals surface area contributed by atoms with Crippen LogP contribution in [-0.2, 0) is 21.3 Å². The first-order chi connectivity index (χ1) is 15.2. The van der Waals surface area contributed by atoms with E-state index in [-0.39, 0.29) is 44.2 Å². The van der Waals surface area contributed by atoms with Crippen LogP contribution in [0.3, 0.4) is 0 Å². The first-order valence-electron chi connectivity index (χ1n) is 10.6. The van der Waals surface area contributed by atoms with Crippen molar-refractivity contribution in [3.63, 3.8) is 0 Å². The van der Waals surface area contributed by atoms with E-state index in [0.717, 1.165) is 21.0 Å². The molecule has 0 saturated carbocycles. The Bertz CT molecular complexity index is 1060. The third kappa shape index (κ3) is 5.40. The number of sulfonamides is 1. The molecule has 8 nitrogen and oxygen atoms in total. The van der Waals surface area contributed by atoms with Crippen LogP contribution in [0.2, 0.25) is 0 Å². The van der Waals surface area contributed by atoms with E-state index in [9.17, 15) is 18.0 Å². The highest BCUT2D eigenvalue weighted by atomic mass is 32.2. The Kier molecular flexibility index (Phi) is 7.40. The van der Waals surface area contributed by atoms with Gasteiger partial charge < -0.3 is 14.5 Å². The molecule has 3 rings (SSSR count). The molecule has 2 aromatic carbocycles. The van der Waals surface area contributed by atoms with Crippen LogP contribution in [0.4, 0.5) is 9.59 Å². The minimum atomic E-state index is -4.08. The van der Waals surface area contributed by atoms with E-state index >= 15 is 0 Å². The van der Waals surface area contributed by atoms with E-state index in [1.165, 1.54) is 21.9 Å². The van der Waals surface area contributed by atoms with E-state index < -0.39 is 22.1 Å². The van der Waals surface area contributed by atoms with Crippen molar-refractivity contribution in [2.45, 2.75) is 32.2 Å². The number of rotatable bonds is 5. The van der Waals surface area contributed by atoms with Gasteiger partial charge in [0.15, 0.2) is 0 Å². The smallest absolute Gasteiger partial charge is 0.409 e. The Hall–Kier alpha value is -3.07. The lowest BCUT2D eigenvalue weighted by molar-refractivity contribution is 0.0822. The molecular formula is C23H29N3O5S. The van der Waals surface area contributed by atoms with Gasteiger partial charge in [0.25, 0.3) is 10.0 Å². The van der Waals surface area contributed by atoms with Gasteiger partial charge in [0.2, 0.25) is 0 Å². The molecule has 1 fully saturated rings. The lowest BCUT2D eigenvalue weighted by Crippen LogP contribution is -2.54. The second-order valence-corrected chi connectivity index (χ2v) is 9.63. The zero-order valence-electron chi connectivity index (χ0n) is 18.7. The van der Waals surface area contributed by atoms with E-state index in [2.05, 4.69) is 0 Å². The van der Waals surface area contributed by atoms with E-state index in [1.54, 1.807) is 25.1 Å². The average Bonchev–Trinajstić information content (AvgIpc) is 2.77. The van der Waals surface area contributed by atoms with E-state index in [4.69, 9.17) is 4.74 Å². The van der Waals surface area contributed by atoms with Crippen molar-refractivity contribution in [1.29, 1.82) is 0 Å². The summed E-state index contributed by atoms with van der Waals surface area (Å²) in [7, 11) is -4.08. The van der Waals surface area contributed by atoms with E-state index in [0.29, 0.717) is 0 Å². The van der Waals surface area contributed by atoms with Crippen molar-refractivity contribution in [2.75, 3.05) is 32.8 Å². The normalized spacial score (nSPS) is 14.2. The fourth-order valence-corrected chi connectivity index (χ4v) is 4.90. The van der Waals surface area contributed by atoms with Gasteiger partial charge in [-0.3, -0.25) is 0 Å². The minimum Gasteiger partial charge on any atom is -0.450 e. The van der Waals surface area contributed by atoms with Gasteiger partial charge in [-0.05, 0) is 38.5 Å². The largest absolute Gasteiger partial charge is 0.450 e.